The fraction of sp³-hybridized carbons (Fsp3) is 0.462. The third kappa shape index (κ3) is 5.20. The van der Waals surface area contributed by atoms with E-state index in [0.29, 0.717) is 53.7 Å². The van der Waals surface area contributed by atoms with Gasteiger partial charge < -0.3 is 24.4 Å². The predicted molar refractivity (Wildman–Crippen MR) is 139 cm³/mol. The Morgan fingerprint density at radius 1 is 1.11 bits per heavy atom. The van der Waals surface area contributed by atoms with Gasteiger partial charge in [-0.05, 0) is 57.7 Å². The summed E-state index contributed by atoms with van der Waals surface area (Å²) in [5.74, 6) is -0.196. The molecule has 2 aliphatic heterocycles. The van der Waals surface area contributed by atoms with Crippen molar-refractivity contribution in [3.8, 4) is 0 Å². The molecule has 1 N–H and O–H groups in total. The predicted octanol–water partition coefficient (Wildman–Crippen LogP) is 5.39. The number of fused-ring (bicyclic) bond motifs is 1. The highest BCUT2D eigenvalue weighted by Crippen LogP contribution is 2.34. The van der Waals surface area contributed by atoms with Crippen molar-refractivity contribution in [2.75, 3.05) is 31.5 Å². The number of carbonyl (C=O) groups excluding carboxylic acids is 2. The largest absolute Gasteiger partial charge is 0.447 e. The van der Waals surface area contributed by atoms with Gasteiger partial charge in [-0.15, -0.1) is 0 Å². The lowest BCUT2D eigenvalue weighted by Gasteiger charge is -2.32. The van der Waals surface area contributed by atoms with E-state index in [1.165, 1.54) is 12.5 Å². The van der Waals surface area contributed by atoms with Crippen LogP contribution >= 0.6 is 11.6 Å². The number of likely N-dealkylation sites (tertiary alicyclic amines) is 2. The molecule has 196 valence electrons. The van der Waals surface area contributed by atoms with E-state index in [2.05, 4.69) is 15.3 Å². The van der Waals surface area contributed by atoms with Gasteiger partial charge in [0.1, 0.15) is 17.8 Å². The third-order valence-electron chi connectivity index (χ3n) is 6.88. The highest BCUT2D eigenvalue weighted by Gasteiger charge is 2.28. The van der Waals surface area contributed by atoms with Gasteiger partial charge in [0.25, 0.3) is 5.91 Å². The van der Waals surface area contributed by atoms with Crippen LogP contribution < -0.4 is 5.32 Å². The van der Waals surface area contributed by atoms with Crippen LogP contribution in [-0.2, 0) is 4.74 Å². The molecule has 37 heavy (non-hydrogen) atoms. The number of ether oxygens (including phenoxy) is 1. The maximum absolute atomic E-state index is 15.2. The second-order valence-electron chi connectivity index (χ2n) is 9.77. The van der Waals surface area contributed by atoms with E-state index >= 15 is 4.39 Å². The highest BCUT2D eigenvalue weighted by molar-refractivity contribution is 6.33. The lowest BCUT2D eigenvalue weighted by molar-refractivity contribution is 0.0662. The SMILES string of the molecule is CC(C)OC(=O)N1CCC(n2cc(F)c3c(Nc4ccc(C(=O)N5CCCC5)cc4Cl)ncnc32)CC1. The van der Waals surface area contributed by atoms with Crippen LogP contribution in [0.4, 0.5) is 20.7 Å². The molecule has 11 heteroatoms. The maximum atomic E-state index is 15.2. The third-order valence-corrected chi connectivity index (χ3v) is 7.19. The van der Waals surface area contributed by atoms with Crippen molar-refractivity contribution in [2.24, 2.45) is 0 Å². The minimum absolute atomic E-state index is 0.0164. The van der Waals surface area contributed by atoms with E-state index in [1.807, 2.05) is 23.3 Å². The molecule has 0 bridgehead atoms. The van der Waals surface area contributed by atoms with E-state index in [0.717, 1.165) is 25.9 Å². The Bertz CT molecular complexity index is 1320. The number of piperidine rings is 1. The summed E-state index contributed by atoms with van der Waals surface area (Å²) in [6.07, 6.45) is 5.66. The first kappa shape index (κ1) is 25.3. The average Bonchev–Trinajstić information content (AvgIpc) is 3.53. The van der Waals surface area contributed by atoms with Crippen LogP contribution in [0.2, 0.25) is 5.02 Å². The van der Waals surface area contributed by atoms with E-state index in [-0.39, 0.29) is 29.5 Å². The van der Waals surface area contributed by atoms with E-state index < -0.39 is 5.82 Å². The molecule has 0 atom stereocenters. The van der Waals surface area contributed by atoms with Crippen LogP contribution in [-0.4, -0.2) is 68.6 Å². The van der Waals surface area contributed by atoms with Gasteiger partial charge in [-0.1, -0.05) is 11.6 Å². The summed E-state index contributed by atoms with van der Waals surface area (Å²) in [6.45, 7) is 6.19. The van der Waals surface area contributed by atoms with Gasteiger partial charge in [0.15, 0.2) is 5.82 Å². The van der Waals surface area contributed by atoms with Gasteiger partial charge in [0, 0.05) is 44.0 Å². The Balaban J connectivity index is 1.34. The monoisotopic (exact) mass is 528 g/mol. The number of nitrogens with zero attached hydrogens (tertiary/aromatic N) is 5. The molecule has 5 rings (SSSR count). The molecule has 2 saturated heterocycles. The molecule has 0 unspecified atom stereocenters. The summed E-state index contributed by atoms with van der Waals surface area (Å²) in [7, 11) is 0. The van der Waals surface area contributed by atoms with E-state index in [4.69, 9.17) is 16.3 Å². The van der Waals surface area contributed by atoms with Crippen LogP contribution in [0.5, 0.6) is 0 Å². The van der Waals surface area contributed by atoms with Crippen molar-refractivity contribution >= 4 is 46.1 Å². The highest BCUT2D eigenvalue weighted by atomic mass is 35.5. The molecular formula is C26H30ClFN6O3. The number of halogens is 2. The minimum atomic E-state index is -0.447. The minimum Gasteiger partial charge on any atom is -0.447 e. The van der Waals surface area contributed by atoms with Crippen LogP contribution in [0.3, 0.4) is 0 Å². The van der Waals surface area contributed by atoms with Crippen molar-refractivity contribution < 1.29 is 18.7 Å². The first-order valence-electron chi connectivity index (χ1n) is 12.6. The van der Waals surface area contributed by atoms with Crippen molar-refractivity contribution in [2.45, 2.75) is 51.7 Å². The summed E-state index contributed by atoms with van der Waals surface area (Å²) in [6, 6.07) is 5.04. The van der Waals surface area contributed by atoms with Gasteiger partial charge in [-0.25, -0.2) is 19.2 Å². The Hall–Kier alpha value is -3.40. The quantitative estimate of drug-likeness (QED) is 0.477. The maximum Gasteiger partial charge on any atom is 0.410 e. The molecule has 0 saturated carbocycles. The Kier molecular flexibility index (Phi) is 7.19. The van der Waals surface area contributed by atoms with Crippen molar-refractivity contribution in [1.29, 1.82) is 0 Å². The first-order chi connectivity index (χ1) is 17.8. The van der Waals surface area contributed by atoms with E-state index in [9.17, 15) is 9.59 Å². The van der Waals surface area contributed by atoms with Crippen LogP contribution in [0.25, 0.3) is 11.0 Å². The molecule has 4 heterocycles. The summed E-state index contributed by atoms with van der Waals surface area (Å²) in [5.41, 5.74) is 1.50. The topological polar surface area (TPSA) is 92.6 Å². The number of hydrogen-bond acceptors (Lipinski definition) is 6. The van der Waals surface area contributed by atoms with Gasteiger partial charge in [-0.3, -0.25) is 4.79 Å². The lowest BCUT2D eigenvalue weighted by atomic mass is 10.1. The number of carbonyl (C=O) groups is 2. The molecule has 2 aromatic heterocycles. The summed E-state index contributed by atoms with van der Waals surface area (Å²) in [4.78, 5) is 37.0. The number of hydrogen-bond donors (Lipinski definition) is 1. The molecule has 2 amide bonds. The van der Waals surface area contributed by atoms with Crippen LogP contribution in [0.15, 0.2) is 30.7 Å². The van der Waals surface area contributed by atoms with Crippen molar-refractivity contribution in [3.63, 3.8) is 0 Å². The molecule has 1 aromatic carbocycles. The van der Waals surface area contributed by atoms with Crippen LogP contribution in [0.1, 0.15) is 55.9 Å². The zero-order valence-electron chi connectivity index (χ0n) is 20.9. The van der Waals surface area contributed by atoms with Crippen molar-refractivity contribution in [3.05, 3.63) is 47.1 Å². The smallest absolute Gasteiger partial charge is 0.410 e. The molecule has 9 nitrogen and oxygen atoms in total. The Morgan fingerprint density at radius 3 is 2.51 bits per heavy atom. The zero-order valence-corrected chi connectivity index (χ0v) is 21.7. The molecule has 3 aromatic rings. The van der Waals surface area contributed by atoms with Gasteiger partial charge >= 0.3 is 6.09 Å². The molecule has 2 fully saturated rings. The number of nitrogens with one attached hydrogen (secondary N) is 1. The second kappa shape index (κ2) is 10.5. The lowest BCUT2D eigenvalue weighted by Crippen LogP contribution is -2.40. The van der Waals surface area contributed by atoms with Gasteiger partial charge in [-0.2, -0.15) is 0 Å². The fourth-order valence-electron chi connectivity index (χ4n) is 5.00. The van der Waals surface area contributed by atoms with Crippen molar-refractivity contribution in [1.82, 2.24) is 24.3 Å². The molecule has 0 radical (unpaired) electrons. The number of anilines is 2. The number of amides is 2. The normalized spacial score (nSPS) is 16.6. The van der Waals surface area contributed by atoms with E-state index in [1.54, 1.807) is 23.1 Å². The summed E-state index contributed by atoms with van der Waals surface area (Å²) >= 11 is 6.50. The molecule has 0 aliphatic carbocycles. The number of rotatable bonds is 5. The number of benzene rings is 1. The summed E-state index contributed by atoms with van der Waals surface area (Å²) in [5, 5.41) is 3.72. The summed E-state index contributed by atoms with van der Waals surface area (Å²) < 4.78 is 22.3. The Labute approximate surface area is 219 Å². The first-order valence-corrected chi connectivity index (χ1v) is 13.0. The second-order valence-corrected chi connectivity index (χ2v) is 10.2. The molecule has 2 aliphatic rings. The standard InChI is InChI=1S/C26H30ClFN6O3/c1-16(2)37-26(36)33-11-7-18(8-12-33)34-14-20(28)22-23(29-15-30-24(22)34)31-21-6-5-17(13-19(21)27)25(35)32-9-3-4-10-32/h5-6,13-16,18H,3-4,7-12H2,1-2H3,(H,29,30,31). The van der Waals surface area contributed by atoms with Crippen LogP contribution in [0, 0.1) is 5.82 Å². The number of aromatic nitrogens is 3. The molecule has 0 spiro atoms. The Morgan fingerprint density at radius 2 is 1.84 bits per heavy atom. The molecular weight excluding hydrogens is 499 g/mol. The zero-order chi connectivity index (χ0) is 26.1. The average molecular weight is 529 g/mol. The fourth-order valence-corrected chi connectivity index (χ4v) is 5.22. The van der Waals surface area contributed by atoms with Gasteiger partial charge in [0.2, 0.25) is 0 Å². The van der Waals surface area contributed by atoms with Gasteiger partial charge in [0.05, 0.1) is 22.2 Å².